The van der Waals surface area contributed by atoms with Gasteiger partial charge in [-0.25, -0.2) is 9.59 Å². The molecule has 2 amide bonds. The van der Waals surface area contributed by atoms with Gasteiger partial charge in [-0.3, -0.25) is 0 Å². The standard InChI is InChI=1S/C16H32N2O8/c1-16(2,3)26-14(20)17-4-8-23-12-13-25-10-6-18(15(21)22)5-9-24-11-7-19/h19H,4-13H2,1-3H3,(H,17,20)(H,21,22). The van der Waals surface area contributed by atoms with Crippen LogP contribution in [-0.4, -0.2) is 98.8 Å². The van der Waals surface area contributed by atoms with Gasteiger partial charge >= 0.3 is 12.2 Å². The fraction of sp³-hybridized carbons (Fsp3) is 0.875. The van der Waals surface area contributed by atoms with E-state index in [9.17, 15) is 9.59 Å². The Labute approximate surface area is 154 Å². The molecule has 26 heavy (non-hydrogen) atoms. The zero-order valence-electron chi connectivity index (χ0n) is 15.9. The Bertz CT molecular complexity index is 387. The average molecular weight is 380 g/mol. The summed E-state index contributed by atoms with van der Waals surface area (Å²) >= 11 is 0. The first-order chi connectivity index (χ1) is 12.3. The molecule has 0 aliphatic heterocycles. The number of rotatable bonds is 14. The first-order valence-corrected chi connectivity index (χ1v) is 8.55. The number of alkyl carbamates (subject to hydrolysis) is 1. The number of ether oxygens (including phenoxy) is 4. The highest BCUT2D eigenvalue weighted by Crippen LogP contribution is 2.05. The molecule has 0 saturated carbocycles. The number of aliphatic hydroxyl groups is 1. The van der Waals surface area contributed by atoms with Gasteiger partial charge in [0.15, 0.2) is 0 Å². The maximum absolute atomic E-state index is 11.4. The van der Waals surface area contributed by atoms with Gasteiger partial charge in [-0.05, 0) is 20.8 Å². The SMILES string of the molecule is CC(C)(C)OC(=O)NCCOCCOCCN(CCOCCO)C(=O)O. The van der Waals surface area contributed by atoms with Crippen molar-refractivity contribution in [2.45, 2.75) is 26.4 Å². The van der Waals surface area contributed by atoms with E-state index in [1.807, 2.05) is 0 Å². The van der Waals surface area contributed by atoms with Gasteiger partial charge in [-0.1, -0.05) is 0 Å². The highest BCUT2D eigenvalue weighted by atomic mass is 16.6. The van der Waals surface area contributed by atoms with E-state index >= 15 is 0 Å². The number of nitrogens with one attached hydrogen (secondary N) is 1. The first-order valence-electron chi connectivity index (χ1n) is 8.55. The van der Waals surface area contributed by atoms with Crippen molar-refractivity contribution in [3.63, 3.8) is 0 Å². The topological polar surface area (TPSA) is 127 Å². The van der Waals surface area contributed by atoms with Gasteiger partial charge in [0.2, 0.25) is 0 Å². The van der Waals surface area contributed by atoms with Crippen LogP contribution in [0.2, 0.25) is 0 Å². The molecule has 0 atom stereocenters. The molecule has 0 aromatic rings. The molecule has 0 saturated heterocycles. The second-order valence-electron chi connectivity index (χ2n) is 6.26. The van der Waals surface area contributed by atoms with Crippen LogP contribution in [0.3, 0.4) is 0 Å². The van der Waals surface area contributed by atoms with Gasteiger partial charge in [-0.15, -0.1) is 0 Å². The van der Waals surface area contributed by atoms with Crippen LogP contribution < -0.4 is 5.32 Å². The summed E-state index contributed by atoms with van der Waals surface area (Å²) in [5, 5.41) is 20.2. The van der Waals surface area contributed by atoms with Crippen molar-refractivity contribution in [3.8, 4) is 0 Å². The molecule has 0 aromatic carbocycles. The van der Waals surface area contributed by atoms with Gasteiger partial charge in [-0.2, -0.15) is 0 Å². The highest BCUT2D eigenvalue weighted by Gasteiger charge is 2.15. The molecule has 0 heterocycles. The molecule has 154 valence electrons. The fourth-order valence-corrected chi connectivity index (χ4v) is 1.68. The van der Waals surface area contributed by atoms with Gasteiger partial charge in [0, 0.05) is 19.6 Å². The van der Waals surface area contributed by atoms with Crippen LogP contribution in [0.1, 0.15) is 20.8 Å². The number of carboxylic acid groups (broad SMARTS) is 1. The van der Waals surface area contributed by atoms with E-state index in [1.165, 1.54) is 4.90 Å². The predicted octanol–water partition coefficient (Wildman–Crippen LogP) is 0.533. The number of hydrogen-bond donors (Lipinski definition) is 3. The van der Waals surface area contributed by atoms with Crippen LogP contribution in [-0.2, 0) is 18.9 Å². The molecule has 0 fully saturated rings. The normalized spacial score (nSPS) is 11.2. The summed E-state index contributed by atoms with van der Waals surface area (Å²) in [6.07, 6.45) is -1.54. The van der Waals surface area contributed by atoms with Gasteiger partial charge in [0.05, 0.1) is 46.2 Å². The van der Waals surface area contributed by atoms with Crippen molar-refractivity contribution in [2.75, 3.05) is 65.9 Å². The number of aliphatic hydroxyl groups excluding tert-OH is 1. The van der Waals surface area contributed by atoms with Crippen LogP contribution in [0.15, 0.2) is 0 Å². The van der Waals surface area contributed by atoms with E-state index < -0.39 is 17.8 Å². The van der Waals surface area contributed by atoms with E-state index in [2.05, 4.69) is 5.32 Å². The summed E-state index contributed by atoms with van der Waals surface area (Å²) in [4.78, 5) is 23.6. The van der Waals surface area contributed by atoms with Crippen LogP contribution in [0.5, 0.6) is 0 Å². The van der Waals surface area contributed by atoms with E-state index in [1.54, 1.807) is 20.8 Å². The maximum atomic E-state index is 11.4. The van der Waals surface area contributed by atoms with E-state index in [-0.39, 0.29) is 39.5 Å². The third-order valence-electron chi connectivity index (χ3n) is 2.80. The third kappa shape index (κ3) is 15.9. The van der Waals surface area contributed by atoms with Gasteiger partial charge < -0.3 is 39.4 Å². The Morgan fingerprint density at radius 3 is 1.96 bits per heavy atom. The Balaban J connectivity index is 3.55. The van der Waals surface area contributed by atoms with Gasteiger partial charge in [0.1, 0.15) is 5.60 Å². The zero-order valence-corrected chi connectivity index (χ0v) is 15.9. The molecule has 0 spiro atoms. The summed E-state index contributed by atoms with van der Waals surface area (Å²) in [5.74, 6) is 0. The highest BCUT2D eigenvalue weighted by molar-refractivity contribution is 5.67. The number of amides is 2. The smallest absolute Gasteiger partial charge is 0.407 e. The van der Waals surface area contributed by atoms with Crippen molar-refractivity contribution in [3.05, 3.63) is 0 Å². The quantitative estimate of drug-likeness (QED) is 0.373. The Kier molecular flexibility index (Phi) is 13.6. The second kappa shape index (κ2) is 14.5. The Hall–Kier alpha value is -1.62. The monoisotopic (exact) mass is 380 g/mol. The van der Waals surface area contributed by atoms with E-state index in [4.69, 9.17) is 29.2 Å². The van der Waals surface area contributed by atoms with E-state index in [0.29, 0.717) is 26.4 Å². The lowest BCUT2D eigenvalue weighted by atomic mass is 10.2. The average Bonchev–Trinajstić information content (AvgIpc) is 2.53. The van der Waals surface area contributed by atoms with Crippen molar-refractivity contribution in [2.24, 2.45) is 0 Å². The van der Waals surface area contributed by atoms with Crippen molar-refractivity contribution < 1.29 is 38.7 Å². The lowest BCUT2D eigenvalue weighted by molar-refractivity contribution is 0.0298. The van der Waals surface area contributed by atoms with Crippen LogP contribution in [0.25, 0.3) is 0 Å². The number of nitrogens with zero attached hydrogens (tertiary/aromatic N) is 1. The van der Waals surface area contributed by atoms with Crippen molar-refractivity contribution in [1.29, 1.82) is 0 Å². The zero-order chi connectivity index (χ0) is 19.8. The van der Waals surface area contributed by atoms with Crippen molar-refractivity contribution >= 4 is 12.2 Å². The fourth-order valence-electron chi connectivity index (χ4n) is 1.68. The second-order valence-corrected chi connectivity index (χ2v) is 6.26. The number of carbonyl (C=O) groups excluding carboxylic acids is 1. The minimum Gasteiger partial charge on any atom is -0.465 e. The molecular weight excluding hydrogens is 348 g/mol. The summed E-state index contributed by atoms with van der Waals surface area (Å²) in [5.41, 5.74) is -0.534. The minimum atomic E-state index is -1.05. The maximum Gasteiger partial charge on any atom is 0.407 e. The van der Waals surface area contributed by atoms with Crippen molar-refractivity contribution in [1.82, 2.24) is 10.2 Å². The molecule has 10 nitrogen and oxygen atoms in total. The van der Waals surface area contributed by atoms with Crippen LogP contribution in [0.4, 0.5) is 9.59 Å². The number of hydrogen-bond acceptors (Lipinski definition) is 7. The lowest BCUT2D eigenvalue weighted by Gasteiger charge is -2.19. The Morgan fingerprint density at radius 2 is 1.46 bits per heavy atom. The minimum absolute atomic E-state index is 0.0938. The molecular formula is C16H32N2O8. The van der Waals surface area contributed by atoms with Gasteiger partial charge in [0.25, 0.3) is 0 Å². The summed E-state index contributed by atoms with van der Waals surface area (Å²) in [7, 11) is 0. The summed E-state index contributed by atoms with van der Waals surface area (Å²) in [6, 6.07) is 0. The molecule has 0 aromatic heterocycles. The molecule has 0 radical (unpaired) electrons. The lowest BCUT2D eigenvalue weighted by Crippen LogP contribution is -2.36. The number of carbonyl (C=O) groups is 2. The van der Waals surface area contributed by atoms with Crippen LogP contribution in [0, 0.1) is 0 Å². The summed E-state index contributed by atoms with van der Waals surface area (Å²) < 4.78 is 20.7. The molecule has 0 rings (SSSR count). The summed E-state index contributed by atoms with van der Waals surface area (Å²) in [6.45, 7) is 7.66. The molecule has 0 aliphatic rings. The first kappa shape index (κ1) is 24.4. The van der Waals surface area contributed by atoms with Crippen LogP contribution >= 0.6 is 0 Å². The predicted molar refractivity (Wildman–Crippen MR) is 93.4 cm³/mol. The molecule has 0 bridgehead atoms. The Morgan fingerprint density at radius 1 is 0.923 bits per heavy atom. The molecule has 10 heteroatoms. The molecule has 3 N–H and O–H groups in total. The third-order valence-corrected chi connectivity index (χ3v) is 2.80. The molecule has 0 aliphatic carbocycles. The van der Waals surface area contributed by atoms with E-state index in [0.717, 1.165) is 0 Å². The molecule has 0 unspecified atom stereocenters. The largest absolute Gasteiger partial charge is 0.465 e.